The second kappa shape index (κ2) is 9.87. The Bertz CT molecular complexity index is 1990. The predicted molar refractivity (Wildman–Crippen MR) is 142 cm³/mol. The van der Waals surface area contributed by atoms with Gasteiger partial charge in [-0.05, 0) is 42.3 Å². The van der Waals surface area contributed by atoms with E-state index in [1.165, 1.54) is 23.9 Å². The Hall–Kier alpha value is -4.01. The molecule has 0 amide bonds. The van der Waals surface area contributed by atoms with Crippen LogP contribution >= 0.6 is 11.6 Å². The Morgan fingerprint density at radius 3 is 2.35 bits per heavy atom. The van der Waals surface area contributed by atoms with E-state index in [1.54, 1.807) is 0 Å². The molecule has 5 aromatic rings. The van der Waals surface area contributed by atoms with Crippen LogP contribution in [-0.2, 0) is 23.5 Å². The fraction of sp³-hybridized carbons (Fsp3) is 0.160. The van der Waals surface area contributed by atoms with Crippen molar-refractivity contribution in [2.24, 2.45) is 12.8 Å². The lowest BCUT2D eigenvalue weighted by Gasteiger charge is -2.20. The van der Waals surface area contributed by atoms with Gasteiger partial charge in [0.25, 0.3) is 5.56 Å². The van der Waals surface area contributed by atoms with Crippen LogP contribution in [-0.4, -0.2) is 34.0 Å². The first-order chi connectivity index (χ1) is 18.7. The van der Waals surface area contributed by atoms with Gasteiger partial charge < -0.3 is 5.73 Å². The van der Waals surface area contributed by atoms with Crippen molar-refractivity contribution in [3.8, 4) is 5.69 Å². The Labute approximate surface area is 228 Å². The third kappa shape index (κ3) is 5.00. The smallest absolute Gasteiger partial charge is 0.266 e. The van der Waals surface area contributed by atoms with Crippen LogP contribution in [0, 0.1) is 23.3 Å². The molecule has 1 atom stereocenters. The zero-order valence-electron chi connectivity index (χ0n) is 20.7. The first-order valence-electron chi connectivity index (χ1n) is 11.5. The molecule has 0 bridgehead atoms. The third-order valence-electron chi connectivity index (χ3n) is 6.07. The molecule has 0 aliphatic rings. The van der Waals surface area contributed by atoms with Crippen LogP contribution in [0.4, 0.5) is 23.4 Å². The Kier molecular flexibility index (Phi) is 6.80. The fourth-order valence-electron chi connectivity index (χ4n) is 4.57. The van der Waals surface area contributed by atoms with E-state index in [1.807, 2.05) is 0 Å². The minimum absolute atomic E-state index is 0.0518. The second-order valence-electron chi connectivity index (χ2n) is 9.12. The summed E-state index contributed by atoms with van der Waals surface area (Å²) in [6.45, 7) is 0. The average Bonchev–Trinajstić information content (AvgIpc) is 3.14. The Morgan fingerprint density at radius 2 is 1.70 bits per heavy atom. The van der Waals surface area contributed by atoms with Crippen LogP contribution < -0.4 is 16.0 Å². The van der Waals surface area contributed by atoms with E-state index in [0.29, 0.717) is 12.1 Å². The number of nitrogens with one attached hydrogen (secondary N) is 1. The summed E-state index contributed by atoms with van der Waals surface area (Å²) in [5.41, 5.74) is 5.36. The monoisotopic (exact) mass is 594 g/mol. The molecule has 0 saturated carbocycles. The third-order valence-corrected chi connectivity index (χ3v) is 6.95. The molecule has 2 aromatic heterocycles. The van der Waals surface area contributed by atoms with E-state index >= 15 is 0 Å². The average molecular weight is 595 g/mol. The van der Waals surface area contributed by atoms with Crippen molar-refractivity contribution in [3.63, 3.8) is 0 Å². The van der Waals surface area contributed by atoms with Crippen LogP contribution in [0.5, 0.6) is 0 Å². The van der Waals surface area contributed by atoms with E-state index in [2.05, 4.69) is 14.8 Å². The standard InChI is InChI=1S/C25H19ClF4N6O3S/c1-35-22-19(4-3-16(26)20(22)23(33-35)34-40(2,38)39)36-24(18(31)7-11-5-12(27)8-13(28)6-11)32-21-15(25(36)37)9-14(29)10-17(21)30/h3-6,8-10,18H,7,31H2,1-2H3,(H,33,34)/t18-/m0/s1. The maximum absolute atomic E-state index is 14.8. The van der Waals surface area contributed by atoms with Crippen LogP contribution in [0.15, 0.2) is 47.3 Å². The largest absolute Gasteiger partial charge is 0.321 e. The summed E-state index contributed by atoms with van der Waals surface area (Å²) >= 11 is 6.39. The number of nitrogens with two attached hydrogens (primary N) is 1. The van der Waals surface area contributed by atoms with Gasteiger partial charge in [-0.3, -0.25) is 18.8 Å². The molecule has 5 rings (SSSR count). The van der Waals surface area contributed by atoms with Gasteiger partial charge in [-0.15, -0.1) is 0 Å². The summed E-state index contributed by atoms with van der Waals surface area (Å²) in [7, 11) is -2.33. The van der Waals surface area contributed by atoms with Crippen molar-refractivity contribution in [1.82, 2.24) is 19.3 Å². The van der Waals surface area contributed by atoms with Crippen LogP contribution in [0.2, 0.25) is 5.02 Å². The number of aryl methyl sites for hydroxylation is 1. The van der Waals surface area contributed by atoms with E-state index < -0.39 is 55.8 Å². The van der Waals surface area contributed by atoms with Crippen LogP contribution in [0.1, 0.15) is 17.4 Å². The molecule has 15 heteroatoms. The Morgan fingerprint density at radius 1 is 1.05 bits per heavy atom. The van der Waals surface area contributed by atoms with Gasteiger partial charge in [-0.2, -0.15) is 5.10 Å². The highest BCUT2D eigenvalue weighted by Crippen LogP contribution is 2.35. The van der Waals surface area contributed by atoms with Gasteiger partial charge in [0.05, 0.1) is 39.3 Å². The minimum Gasteiger partial charge on any atom is -0.321 e. The number of nitrogens with zero attached hydrogens (tertiary/aromatic N) is 4. The highest BCUT2D eigenvalue weighted by atomic mass is 35.5. The minimum atomic E-state index is -3.79. The van der Waals surface area contributed by atoms with Gasteiger partial charge in [0.2, 0.25) is 10.0 Å². The zero-order valence-corrected chi connectivity index (χ0v) is 22.3. The number of sulfonamides is 1. The maximum Gasteiger partial charge on any atom is 0.266 e. The number of anilines is 1. The lowest BCUT2D eigenvalue weighted by Crippen LogP contribution is -2.30. The quantitative estimate of drug-likeness (QED) is 0.285. The molecule has 0 unspecified atom stereocenters. The van der Waals surface area contributed by atoms with Crippen LogP contribution in [0.3, 0.4) is 0 Å². The van der Waals surface area contributed by atoms with E-state index in [0.717, 1.165) is 29.0 Å². The summed E-state index contributed by atoms with van der Waals surface area (Å²) in [5.74, 6) is -4.21. The molecule has 0 spiro atoms. The van der Waals surface area contributed by atoms with Gasteiger partial charge in [0.15, 0.2) is 11.6 Å². The molecule has 40 heavy (non-hydrogen) atoms. The topological polar surface area (TPSA) is 125 Å². The molecule has 0 aliphatic carbocycles. The maximum atomic E-state index is 14.8. The summed E-state index contributed by atoms with van der Waals surface area (Å²) in [6, 6.07) is 5.69. The molecule has 208 valence electrons. The summed E-state index contributed by atoms with van der Waals surface area (Å²) < 4.78 is 85.0. The van der Waals surface area contributed by atoms with Crippen LogP contribution in [0.25, 0.3) is 27.5 Å². The van der Waals surface area contributed by atoms with E-state index in [4.69, 9.17) is 17.3 Å². The van der Waals surface area contributed by atoms with E-state index in [9.17, 15) is 30.8 Å². The molecule has 0 radical (unpaired) electrons. The van der Waals surface area contributed by atoms with Crippen molar-refractivity contribution in [2.75, 3.05) is 11.0 Å². The SMILES string of the molecule is Cn1nc(NS(C)(=O)=O)c2c(Cl)ccc(-n3c([C@@H](N)Cc4cc(F)cc(F)c4)nc4c(F)cc(F)cc4c3=O)c21. The summed E-state index contributed by atoms with van der Waals surface area (Å²) in [4.78, 5) is 18.1. The van der Waals surface area contributed by atoms with Gasteiger partial charge in [-0.1, -0.05) is 11.6 Å². The second-order valence-corrected chi connectivity index (χ2v) is 11.3. The molecule has 3 N–H and O–H groups in total. The molecule has 2 heterocycles. The fourth-order valence-corrected chi connectivity index (χ4v) is 5.31. The van der Waals surface area contributed by atoms with E-state index in [-0.39, 0.29) is 45.2 Å². The van der Waals surface area contributed by atoms with Crippen molar-refractivity contribution in [3.05, 3.63) is 92.5 Å². The first-order valence-corrected chi connectivity index (χ1v) is 13.8. The van der Waals surface area contributed by atoms with Crippen molar-refractivity contribution >= 4 is 49.2 Å². The number of hydrogen-bond acceptors (Lipinski definition) is 6. The number of rotatable bonds is 6. The number of aromatic nitrogens is 4. The van der Waals surface area contributed by atoms with Crippen molar-refractivity contribution < 1.29 is 26.0 Å². The van der Waals surface area contributed by atoms with Crippen molar-refractivity contribution in [1.29, 1.82) is 0 Å². The highest BCUT2D eigenvalue weighted by molar-refractivity contribution is 7.92. The number of halogens is 5. The normalized spacial score (nSPS) is 12.8. The molecule has 0 aliphatic heterocycles. The van der Waals surface area contributed by atoms with Gasteiger partial charge in [0.1, 0.15) is 28.8 Å². The van der Waals surface area contributed by atoms with Gasteiger partial charge >= 0.3 is 0 Å². The molecular weight excluding hydrogens is 576 g/mol. The summed E-state index contributed by atoms with van der Waals surface area (Å²) in [6.07, 6.45) is 0.691. The molecule has 9 nitrogen and oxygen atoms in total. The number of benzene rings is 3. The lowest BCUT2D eigenvalue weighted by atomic mass is 10.0. The molecule has 0 saturated heterocycles. The van der Waals surface area contributed by atoms with Gasteiger partial charge in [0, 0.05) is 19.2 Å². The Balaban J connectivity index is 1.84. The highest BCUT2D eigenvalue weighted by Gasteiger charge is 2.26. The molecule has 0 fully saturated rings. The zero-order chi connectivity index (χ0) is 29.1. The number of fused-ring (bicyclic) bond motifs is 2. The lowest BCUT2D eigenvalue weighted by molar-refractivity contribution is 0.571. The van der Waals surface area contributed by atoms with Crippen molar-refractivity contribution in [2.45, 2.75) is 12.5 Å². The molecule has 3 aromatic carbocycles. The molecular formula is C25H19ClF4N6O3S. The number of hydrogen-bond donors (Lipinski definition) is 2. The first kappa shape index (κ1) is 27.6. The summed E-state index contributed by atoms with van der Waals surface area (Å²) in [5, 5.41) is 3.97. The predicted octanol–water partition coefficient (Wildman–Crippen LogP) is 4.10. The van der Waals surface area contributed by atoms with Gasteiger partial charge in [-0.25, -0.2) is 31.0 Å².